The number of aromatic nitrogens is 1. The summed E-state index contributed by atoms with van der Waals surface area (Å²) in [6, 6.07) is 0. The zero-order chi connectivity index (χ0) is 5.11. The van der Waals surface area contributed by atoms with Gasteiger partial charge < -0.3 is 0 Å². The van der Waals surface area contributed by atoms with Gasteiger partial charge in [-0.05, 0) is 0 Å². The number of hydrogen-bond acceptors (Lipinski definition) is 4. The molecule has 46 valence electrons. The first-order valence-corrected chi connectivity index (χ1v) is 2.67. The summed E-state index contributed by atoms with van der Waals surface area (Å²) in [4.78, 5) is 3.82. The van der Waals surface area contributed by atoms with Crippen molar-refractivity contribution in [3.63, 3.8) is 0 Å². The highest BCUT2D eigenvalue weighted by Crippen LogP contribution is 2.06. The Labute approximate surface area is 57.3 Å². The van der Waals surface area contributed by atoms with Crippen molar-refractivity contribution in [2.75, 3.05) is 5.43 Å². The molecule has 0 spiro atoms. The van der Waals surface area contributed by atoms with Crippen molar-refractivity contribution in [2.45, 2.75) is 0 Å². The van der Waals surface area contributed by atoms with Crippen molar-refractivity contribution in [1.82, 2.24) is 4.98 Å². The Hall–Kier alpha value is -0.320. The molecule has 0 aliphatic heterocycles. The van der Waals surface area contributed by atoms with Crippen LogP contribution in [0.15, 0.2) is 11.6 Å². The van der Waals surface area contributed by atoms with Gasteiger partial charge in [-0.3, -0.25) is 5.43 Å². The number of hydrogen-bond donors (Lipinski definition) is 2. The smallest absolute Gasteiger partial charge is 0.196 e. The maximum atomic E-state index is 4.99. The predicted octanol–water partition coefficient (Wildman–Crippen LogP) is 0.851. The van der Waals surface area contributed by atoms with Crippen LogP contribution in [0.2, 0.25) is 0 Å². The Kier molecular flexibility index (Phi) is 3.51. The lowest BCUT2D eigenvalue weighted by molar-refractivity contribution is 1.29. The topological polar surface area (TPSA) is 50.9 Å². The Bertz CT molecular complexity index is 129. The number of nitrogens with two attached hydrogens (primary N) is 1. The molecule has 8 heavy (non-hydrogen) atoms. The number of nitrogen functional groups attached to an aromatic ring is 1. The van der Waals surface area contributed by atoms with Crippen LogP contribution in [-0.2, 0) is 0 Å². The maximum absolute atomic E-state index is 4.99. The third-order valence-electron chi connectivity index (χ3n) is 0.556. The first-order valence-electron chi connectivity index (χ1n) is 1.79. The van der Waals surface area contributed by atoms with Gasteiger partial charge in [0.25, 0.3) is 0 Å². The van der Waals surface area contributed by atoms with E-state index in [-0.39, 0.29) is 12.4 Å². The molecule has 1 heterocycles. The van der Waals surface area contributed by atoms with Crippen LogP contribution in [0.3, 0.4) is 0 Å². The molecule has 1 aromatic heterocycles. The van der Waals surface area contributed by atoms with Gasteiger partial charge in [0.2, 0.25) is 0 Å². The molecule has 3 nitrogen and oxygen atoms in total. The molecule has 0 aliphatic rings. The van der Waals surface area contributed by atoms with Gasteiger partial charge in [0, 0.05) is 11.6 Å². The summed E-state index contributed by atoms with van der Waals surface area (Å²) < 4.78 is 0. The number of anilines is 1. The Morgan fingerprint density at radius 3 is 2.75 bits per heavy atom. The third-order valence-corrected chi connectivity index (χ3v) is 1.26. The average molecular weight is 152 g/mol. The standard InChI is InChI=1S/C3H5N3S.ClH/c4-6-3-5-1-2-7-3;/h1-2H,4H2,(H,5,6);1H. The molecule has 0 bridgehead atoms. The molecule has 3 N–H and O–H groups in total. The molecule has 0 unspecified atom stereocenters. The average Bonchev–Trinajstić information content (AvgIpc) is 2.14. The van der Waals surface area contributed by atoms with E-state index >= 15 is 0 Å². The summed E-state index contributed by atoms with van der Waals surface area (Å²) in [5.41, 5.74) is 2.41. The Balaban J connectivity index is 0.000000490. The highest BCUT2D eigenvalue weighted by molar-refractivity contribution is 7.13. The van der Waals surface area contributed by atoms with Crippen molar-refractivity contribution in [3.8, 4) is 0 Å². The normalized spacial score (nSPS) is 7.62. The summed E-state index contributed by atoms with van der Waals surface area (Å²) in [5.74, 6) is 4.99. The third kappa shape index (κ3) is 1.65. The van der Waals surface area contributed by atoms with Crippen LogP contribution in [0, 0.1) is 0 Å². The molecule has 1 aromatic rings. The molecule has 0 saturated heterocycles. The van der Waals surface area contributed by atoms with E-state index < -0.39 is 0 Å². The van der Waals surface area contributed by atoms with Gasteiger partial charge in [0.15, 0.2) is 5.13 Å². The minimum Gasteiger partial charge on any atom is -0.300 e. The summed E-state index contributed by atoms with van der Waals surface area (Å²) in [6.07, 6.45) is 1.69. The molecule has 1 rings (SSSR count). The van der Waals surface area contributed by atoms with Crippen LogP contribution >= 0.6 is 23.7 Å². The van der Waals surface area contributed by atoms with Gasteiger partial charge in [-0.2, -0.15) is 0 Å². The number of nitrogens with one attached hydrogen (secondary N) is 1. The van der Waals surface area contributed by atoms with E-state index in [1.807, 2.05) is 5.38 Å². The number of thiazole rings is 1. The first-order chi connectivity index (χ1) is 3.43. The van der Waals surface area contributed by atoms with E-state index in [9.17, 15) is 0 Å². The fraction of sp³-hybridized carbons (Fsp3) is 0. The number of rotatable bonds is 1. The highest BCUT2D eigenvalue weighted by atomic mass is 35.5. The van der Waals surface area contributed by atoms with Crippen LogP contribution < -0.4 is 11.3 Å². The second-order valence-corrected chi connectivity index (χ2v) is 1.88. The van der Waals surface area contributed by atoms with E-state index in [1.165, 1.54) is 11.3 Å². The highest BCUT2D eigenvalue weighted by Gasteiger charge is 1.83. The van der Waals surface area contributed by atoms with E-state index in [0.29, 0.717) is 0 Å². The lowest BCUT2D eigenvalue weighted by atomic mass is 11.0. The molecule has 0 atom stereocenters. The van der Waals surface area contributed by atoms with Gasteiger partial charge in [0.05, 0.1) is 0 Å². The second kappa shape index (κ2) is 3.65. The maximum Gasteiger partial charge on any atom is 0.196 e. The molecule has 0 aliphatic carbocycles. The fourth-order valence-corrected chi connectivity index (χ4v) is 0.735. The number of hydrazine groups is 1. The molecule has 5 heteroatoms. The Morgan fingerprint density at radius 2 is 2.50 bits per heavy atom. The minimum atomic E-state index is 0. The lowest BCUT2D eigenvalue weighted by Crippen LogP contribution is -2.05. The quantitative estimate of drug-likeness (QED) is 0.462. The minimum absolute atomic E-state index is 0. The van der Waals surface area contributed by atoms with Crippen LogP contribution in [0.25, 0.3) is 0 Å². The van der Waals surface area contributed by atoms with E-state index in [4.69, 9.17) is 5.84 Å². The molecule has 0 amide bonds. The van der Waals surface area contributed by atoms with Crippen molar-refractivity contribution in [3.05, 3.63) is 11.6 Å². The molecular weight excluding hydrogens is 146 g/mol. The van der Waals surface area contributed by atoms with Crippen LogP contribution in [0.1, 0.15) is 0 Å². The number of halogens is 1. The van der Waals surface area contributed by atoms with Gasteiger partial charge >= 0.3 is 0 Å². The molecule has 0 aromatic carbocycles. The molecule has 0 radical (unpaired) electrons. The first kappa shape index (κ1) is 7.68. The SMILES string of the molecule is Cl.NNc1nccs1. The van der Waals surface area contributed by atoms with Gasteiger partial charge in [-0.1, -0.05) is 0 Å². The van der Waals surface area contributed by atoms with E-state index in [2.05, 4.69) is 10.4 Å². The molecule has 0 fully saturated rings. The predicted molar refractivity (Wildman–Crippen MR) is 37.2 cm³/mol. The van der Waals surface area contributed by atoms with Gasteiger partial charge in [0.1, 0.15) is 0 Å². The molecule has 0 saturated carbocycles. The summed E-state index contributed by atoms with van der Waals surface area (Å²) in [6.45, 7) is 0. The summed E-state index contributed by atoms with van der Waals surface area (Å²) in [5, 5.41) is 2.61. The zero-order valence-corrected chi connectivity index (χ0v) is 5.63. The van der Waals surface area contributed by atoms with Crippen LogP contribution in [0.4, 0.5) is 5.13 Å². The van der Waals surface area contributed by atoms with E-state index in [1.54, 1.807) is 6.20 Å². The van der Waals surface area contributed by atoms with Gasteiger partial charge in [-0.15, -0.1) is 23.7 Å². The monoisotopic (exact) mass is 151 g/mol. The number of nitrogens with zero attached hydrogens (tertiary/aromatic N) is 1. The van der Waals surface area contributed by atoms with Crippen molar-refractivity contribution < 1.29 is 0 Å². The van der Waals surface area contributed by atoms with E-state index in [0.717, 1.165) is 5.13 Å². The van der Waals surface area contributed by atoms with Crippen LogP contribution in [0.5, 0.6) is 0 Å². The lowest BCUT2D eigenvalue weighted by Gasteiger charge is -1.84. The summed E-state index contributed by atoms with van der Waals surface area (Å²) >= 11 is 1.48. The largest absolute Gasteiger partial charge is 0.300 e. The van der Waals surface area contributed by atoms with Gasteiger partial charge in [-0.25, -0.2) is 10.8 Å². The summed E-state index contributed by atoms with van der Waals surface area (Å²) in [7, 11) is 0. The zero-order valence-electron chi connectivity index (χ0n) is 4.00. The van der Waals surface area contributed by atoms with Crippen molar-refractivity contribution in [1.29, 1.82) is 0 Å². The second-order valence-electron chi connectivity index (χ2n) is 0.982. The van der Waals surface area contributed by atoms with Crippen molar-refractivity contribution >= 4 is 28.9 Å². The van der Waals surface area contributed by atoms with Crippen LogP contribution in [-0.4, -0.2) is 4.98 Å². The molecular formula is C3H6ClN3S. The Morgan fingerprint density at radius 1 is 1.75 bits per heavy atom. The fourth-order valence-electron chi connectivity index (χ4n) is 0.295. The van der Waals surface area contributed by atoms with Crippen molar-refractivity contribution in [2.24, 2.45) is 5.84 Å².